The van der Waals surface area contributed by atoms with Gasteiger partial charge >= 0.3 is 17.9 Å². The van der Waals surface area contributed by atoms with Gasteiger partial charge in [-0.2, -0.15) is 0 Å². The summed E-state index contributed by atoms with van der Waals surface area (Å²) < 4.78 is 16.8. The fraction of sp³-hybridized carbons (Fsp3) is 0.725. The van der Waals surface area contributed by atoms with Crippen molar-refractivity contribution in [2.45, 2.75) is 309 Å². The van der Waals surface area contributed by atoms with E-state index in [1.54, 1.807) is 0 Å². The molecule has 0 aromatic heterocycles. The molecule has 0 rings (SSSR count). The predicted molar refractivity (Wildman–Crippen MR) is 325 cm³/mol. The second-order valence-corrected chi connectivity index (χ2v) is 20.9. The van der Waals surface area contributed by atoms with Gasteiger partial charge in [-0.1, -0.05) is 298 Å². The lowest BCUT2D eigenvalue weighted by atomic mass is 10.0. The Morgan fingerprint density at radius 1 is 0.280 bits per heavy atom. The first-order valence-corrected chi connectivity index (χ1v) is 31.7. The Hall–Kier alpha value is -3.67. The molecule has 6 heteroatoms. The monoisotopic (exact) mass is 1040 g/mol. The summed E-state index contributed by atoms with van der Waals surface area (Å²) in [6.45, 7) is 6.38. The second-order valence-electron chi connectivity index (χ2n) is 20.9. The Labute approximate surface area is 464 Å². The highest BCUT2D eigenvalue weighted by molar-refractivity contribution is 5.71. The van der Waals surface area contributed by atoms with Crippen molar-refractivity contribution in [3.05, 3.63) is 97.2 Å². The molecule has 0 heterocycles. The van der Waals surface area contributed by atoms with Crippen LogP contribution in [0.25, 0.3) is 0 Å². The first kappa shape index (κ1) is 71.3. The maximum absolute atomic E-state index is 12.9. The Morgan fingerprint density at radius 2 is 0.547 bits per heavy atom. The highest BCUT2D eigenvalue weighted by Gasteiger charge is 2.19. The molecule has 0 fully saturated rings. The molecular weight excluding hydrogens is 925 g/mol. The third kappa shape index (κ3) is 61.1. The summed E-state index contributed by atoms with van der Waals surface area (Å²) in [6, 6.07) is 0. The molecule has 0 saturated carbocycles. The number of hydrogen-bond acceptors (Lipinski definition) is 6. The van der Waals surface area contributed by atoms with E-state index in [2.05, 4.69) is 112 Å². The van der Waals surface area contributed by atoms with Crippen LogP contribution in [0.4, 0.5) is 0 Å². The van der Waals surface area contributed by atoms with Crippen molar-refractivity contribution in [1.29, 1.82) is 0 Å². The van der Waals surface area contributed by atoms with E-state index in [-0.39, 0.29) is 37.5 Å². The summed E-state index contributed by atoms with van der Waals surface area (Å²) in [4.78, 5) is 38.2. The zero-order valence-electron chi connectivity index (χ0n) is 49.3. The second kappa shape index (κ2) is 62.9. The number of ether oxygens (including phenoxy) is 3. The first-order valence-electron chi connectivity index (χ1n) is 31.7. The number of hydrogen-bond donors (Lipinski definition) is 0. The largest absolute Gasteiger partial charge is 0.462 e. The smallest absolute Gasteiger partial charge is 0.306 e. The third-order valence-corrected chi connectivity index (χ3v) is 13.6. The van der Waals surface area contributed by atoms with Crippen molar-refractivity contribution in [2.24, 2.45) is 0 Å². The van der Waals surface area contributed by atoms with Gasteiger partial charge < -0.3 is 14.2 Å². The van der Waals surface area contributed by atoms with Crippen LogP contribution < -0.4 is 0 Å². The molecule has 75 heavy (non-hydrogen) atoms. The molecule has 0 aromatic rings. The van der Waals surface area contributed by atoms with Crippen LogP contribution in [0.5, 0.6) is 0 Å². The molecule has 0 spiro atoms. The van der Waals surface area contributed by atoms with Gasteiger partial charge in [0, 0.05) is 19.3 Å². The molecule has 0 aliphatic rings. The minimum absolute atomic E-state index is 0.0959. The van der Waals surface area contributed by atoms with Crippen molar-refractivity contribution in [1.82, 2.24) is 0 Å². The number of allylic oxidation sites excluding steroid dienone is 16. The number of carbonyl (C=O) groups excluding carboxylic acids is 3. The molecule has 0 saturated heterocycles. The maximum Gasteiger partial charge on any atom is 0.306 e. The summed E-state index contributed by atoms with van der Waals surface area (Å²) in [7, 11) is 0. The van der Waals surface area contributed by atoms with Crippen LogP contribution in [0, 0.1) is 0 Å². The molecule has 0 amide bonds. The molecule has 0 aromatic carbocycles. The SMILES string of the molecule is CC/C=C\C/C=C\C/C=C\C/C=C\CCCCCCCCCCCCCCCCCCC(=O)OCC(COC(=O)CC/C=C\C/C=C\C/C=C\C/C=C\CC)OC(=O)CCCCCCCCCCCCCCCCC. The summed E-state index contributed by atoms with van der Waals surface area (Å²) in [5, 5.41) is 0. The summed E-state index contributed by atoms with van der Waals surface area (Å²) >= 11 is 0. The van der Waals surface area contributed by atoms with Gasteiger partial charge in [0.25, 0.3) is 0 Å². The molecule has 1 unspecified atom stereocenters. The van der Waals surface area contributed by atoms with Crippen molar-refractivity contribution in [2.75, 3.05) is 13.2 Å². The third-order valence-electron chi connectivity index (χ3n) is 13.6. The van der Waals surface area contributed by atoms with Crippen LogP contribution in [0.15, 0.2) is 97.2 Å². The van der Waals surface area contributed by atoms with Crippen molar-refractivity contribution < 1.29 is 28.6 Å². The lowest BCUT2D eigenvalue weighted by Crippen LogP contribution is -2.30. The maximum atomic E-state index is 12.9. The van der Waals surface area contributed by atoms with E-state index >= 15 is 0 Å². The van der Waals surface area contributed by atoms with E-state index < -0.39 is 6.10 Å². The number of esters is 3. The van der Waals surface area contributed by atoms with Gasteiger partial charge in [0.15, 0.2) is 6.10 Å². The van der Waals surface area contributed by atoms with Gasteiger partial charge in [0.2, 0.25) is 0 Å². The van der Waals surface area contributed by atoms with E-state index in [4.69, 9.17) is 14.2 Å². The minimum atomic E-state index is -0.804. The average Bonchev–Trinajstić information content (AvgIpc) is 3.41. The van der Waals surface area contributed by atoms with Gasteiger partial charge in [-0.15, -0.1) is 0 Å². The van der Waals surface area contributed by atoms with E-state index in [0.717, 1.165) is 89.9 Å². The number of rotatable bonds is 57. The zero-order chi connectivity index (χ0) is 54.3. The van der Waals surface area contributed by atoms with Crippen LogP contribution in [0.3, 0.4) is 0 Å². The van der Waals surface area contributed by atoms with Crippen LogP contribution in [-0.2, 0) is 28.6 Å². The standard InChI is InChI=1S/C69H118O6/c1-4-7-10-13-16-19-22-25-27-28-29-30-31-32-33-34-35-36-37-38-39-40-42-44-47-50-53-56-59-62-68(71)74-65-66(64-73-67(70)61-58-55-52-49-46-43-24-21-18-15-12-9-6-3)75-69(72)63-60-57-54-51-48-45-41-26-23-20-17-14-11-8-5-2/h7,9-10,12,16,18-19,21,25,27,29-30,43,46,52,55,66H,4-6,8,11,13-15,17,20,22-24,26,28,31-42,44-45,47-51,53-54,56-65H2,1-3H3/b10-7-,12-9-,19-16-,21-18-,27-25-,30-29-,46-43-,55-52-. The molecule has 0 radical (unpaired) electrons. The Morgan fingerprint density at radius 3 is 0.893 bits per heavy atom. The first-order chi connectivity index (χ1) is 37.0. The Bertz CT molecular complexity index is 1480. The molecule has 0 bridgehead atoms. The fourth-order valence-corrected chi connectivity index (χ4v) is 8.92. The predicted octanol–water partition coefficient (Wildman–Crippen LogP) is 21.7. The van der Waals surface area contributed by atoms with Gasteiger partial charge in [-0.3, -0.25) is 14.4 Å². The van der Waals surface area contributed by atoms with E-state index in [0.29, 0.717) is 19.3 Å². The molecule has 6 nitrogen and oxygen atoms in total. The van der Waals surface area contributed by atoms with E-state index in [9.17, 15) is 14.4 Å². The number of carbonyl (C=O) groups is 3. The van der Waals surface area contributed by atoms with E-state index in [1.807, 2.05) is 6.08 Å². The van der Waals surface area contributed by atoms with Crippen LogP contribution in [0.1, 0.15) is 303 Å². The van der Waals surface area contributed by atoms with Gasteiger partial charge in [0.05, 0.1) is 0 Å². The zero-order valence-corrected chi connectivity index (χ0v) is 49.3. The normalized spacial score (nSPS) is 12.7. The average molecular weight is 1040 g/mol. The number of unbranched alkanes of at least 4 members (excludes halogenated alkanes) is 30. The molecule has 0 aliphatic carbocycles. The minimum Gasteiger partial charge on any atom is -0.462 e. The molecule has 0 N–H and O–H groups in total. The van der Waals surface area contributed by atoms with Crippen molar-refractivity contribution in [3.63, 3.8) is 0 Å². The fourth-order valence-electron chi connectivity index (χ4n) is 8.92. The van der Waals surface area contributed by atoms with Crippen molar-refractivity contribution >= 4 is 17.9 Å². The highest BCUT2D eigenvalue weighted by Crippen LogP contribution is 2.17. The van der Waals surface area contributed by atoms with E-state index in [1.165, 1.54) is 167 Å². The van der Waals surface area contributed by atoms with Gasteiger partial charge in [0.1, 0.15) is 13.2 Å². The van der Waals surface area contributed by atoms with Crippen LogP contribution in [0.2, 0.25) is 0 Å². The lowest BCUT2D eigenvalue weighted by Gasteiger charge is -2.18. The molecule has 430 valence electrons. The van der Waals surface area contributed by atoms with Gasteiger partial charge in [-0.25, -0.2) is 0 Å². The van der Waals surface area contributed by atoms with Crippen LogP contribution in [-0.4, -0.2) is 37.2 Å². The lowest BCUT2D eigenvalue weighted by molar-refractivity contribution is -0.166. The quantitative estimate of drug-likeness (QED) is 0.0261. The molecule has 1 atom stereocenters. The van der Waals surface area contributed by atoms with Crippen LogP contribution >= 0.6 is 0 Å². The Kier molecular flexibility index (Phi) is 59.8. The summed E-state index contributed by atoms with van der Waals surface area (Å²) in [5.41, 5.74) is 0. The summed E-state index contributed by atoms with van der Waals surface area (Å²) in [6.07, 6.45) is 84.4. The van der Waals surface area contributed by atoms with Crippen molar-refractivity contribution in [3.8, 4) is 0 Å². The molecule has 0 aliphatic heterocycles. The topological polar surface area (TPSA) is 78.9 Å². The molecular formula is C69H118O6. The highest BCUT2D eigenvalue weighted by atomic mass is 16.6. The van der Waals surface area contributed by atoms with Gasteiger partial charge in [-0.05, 0) is 83.5 Å². The Balaban J connectivity index is 4.24. The summed E-state index contributed by atoms with van der Waals surface area (Å²) in [5.74, 6) is -0.969.